The van der Waals surface area contributed by atoms with E-state index < -0.39 is 0 Å². The molecule has 120 valence electrons. The van der Waals surface area contributed by atoms with Crippen molar-refractivity contribution in [2.45, 2.75) is 13.3 Å². The Hall–Kier alpha value is -0.210. The zero-order chi connectivity index (χ0) is 14.9. The molecule has 0 unspecified atom stereocenters. The molecular weight excluding hydrogens is 332 g/mol. The zero-order valence-corrected chi connectivity index (χ0v) is 13.7. The van der Waals surface area contributed by atoms with E-state index in [9.17, 15) is 4.79 Å². The van der Waals surface area contributed by atoms with Crippen molar-refractivity contribution in [1.82, 2.24) is 0 Å². The highest BCUT2D eigenvalue weighted by molar-refractivity contribution is 9.09. The average molecular weight is 357 g/mol. The molecule has 0 fully saturated rings. The number of carbonyl (C=O) groups is 1. The molecule has 0 aliphatic heterocycles. The van der Waals surface area contributed by atoms with Gasteiger partial charge in [-0.15, -0.1) is 0 Å². The fourth-order valence-corrected chi connectivity index (χ4v) is 1.43. The molecule has 0 N–H and O–H groups in total. The van der Waals surface area contributed by atoms with Crippen LogP contribution in [0.4, 0.5) is 0 Å². The minimum Gasteiger partial charge on any atom is -0.466 e. The predicted molar refractivity (Wildman–Crippen MR) is 78.3 cm³/mol. The molecule has 0 aromatic carbocycles. The van der Waals surface area contributed by atoms with Gasteiger partial charge in [-0.25, -0.2) is 0 Å². The van der Waals surface area contributed by atoms with Crippen LogP contribution in [0.3, 0.4) is 0 Å². The van der Waals surface area contributed by atoms with Crippen LogP contribution >= 0.6 is 15.9 Å². The topological polar surface area (TPSA) is 63.2 Å². The van der Waals surface area contributed by atoms with E-state index >= 15 is 0 Å². The summed E-state index contributed by atoms with van der Waals surface area (Å²) in [6.45, 7) is 6.45. The van der Waals surface area contributed by atoms with Gasteiger partial charge in [0.25, 0.3) is 0 Å². The van der Waals surface area contributed by atoms with Crippen molar-refractivity contribution >= 4 is 21.9 Å². The maximum absolute atomic E-state index is 11.0. The third-order valence-electron chi connectivity index (χ3n) is 2.09. The van der Waals surface area contributed by atoms with Gasteiger partial charge in [0.15, 0.2) is 0 Å². The molecule has 0 radical (unpaired) electrons. The molecule has 0 aromatic rings. The number of hydrogen-bond donors (Lipinski definition) is 0. The number of ether oxygens (including phenoxy) is 5. The largest absolute Gasteiger partial charge is 0.466 e. The van der Waals surface area contributed by atoms with Gasteiger partial charge in [-0.1, -0.05) is 15.9 Å². The number of hydrogen-bond acceptors (Lipinski definition) is 6. The van der Waals surface area contributed by atoms with E-state index in [4.69, 9.17) is 23.7 Å². The zero-order valence-electron chi connectivity index (χ0n) is 12.1. The maximum Gasteiger partial charge on any atom is 0.308 e. The molecule has 0 amide bonds. The molecule has 0 atom stereocenters. The average Bonchev–Trinajstić information content (AvgIpc) is 2.44. The molecule has 0 aliphatic rings. The van der Waals surface area contributed by atoms with Gasteiger partial charge in [0.1, 0.15) is 0 Å². The van der Waals surface area contributed by atoms with Crippen LogP contribution in [0.15, 0.2) is 0 Å². The van der Waals surface area contributed by atoms with E-state index in [1.807, 2.05) is 0 Å². The van der Waals surface area contributed by atoms with E-state index in [-0.39, 0.29) is 12.4 Å². The first kappa shape index (κ1) is 19.8. The van der Waals surface area contributed by atoms with E-state index in [1.165, 1.54) is 0 Å². The Balaban J connectivity index is 3.01. The Morgan fingerprint density at radius 3 is 1.70 bits per heavy atom. The second-order valence-electron chi connectivity index (χ2n) is 3.69. The number of carbonyl (C=O) groups excluding carboxylic acids is 1. The van der Waals surface area contributed by atoms with Crippen molar-refractivity contribution in [3.05, 3.63) is 0 Å². The van der Waals surface area contributed by atoms with Gasteiger partial charge < -0.3 is 23.7 Å². The van der Waals surface area contributed by atoms with Gasteiger partial charge in [0.05, 0.1) is 65.9 Å². The lowest BCUT2D eigenvalue weighted by atomic mass is 10.5. The Kier molecular flexibility index (Phi) is 16.7. The predicted octanol–water partition coefficient (Wildman–Crippen LogP) is 1.40. The molecule has 0 bridgehead atoms. The van der Waals surface area contributed by atoms with Gasteiger partial charge >= 0.3 is 5.97 Å². The fraction of sp³-hybridized carbons (Fsp3) is 0.923. The quantitative estimate of drug-likeness (QED) is 0.251. The van der Waals surface area contributed by atoms with Gasteiger partial charge in [-0.2, -0.15) is 0 Å². The number of alkyl halides is 1. The lowest BCUT2D eigenvalue weighted by Gasteiger charge is -2.07. The SMILES string of the molecule is CCOC(=O)CCOCCOCCOCCOCCBr. The molecule has 0 heterocycles. The number of esters is 1. The molecule has 0 spiro atoms. The molecule has 0 saturated carbocycles. The Morgan fingerprint density at radius 1 is 0.800 bits per heavy atom. The van der Waals surface area contributed by atoms with Crippen LogP contribution < -0.4 is 0 Å². The lowest BCUT2D eigenvalue weighted by molar-refractivity contribution is -0.144. The summed E-state index contributed by atoms with van der Waals surface area (Å²) < 4.78 is 25.8. The van der Waals surface area contributed by atoms with Crippen LogP contribution in [0.2, 0.25) is 0 Å². The summed E-state index contributed by atoms with van der Waals surface area (Å²) in [6, 6.07) is 0. The Morgan fingerprint density at radius 2 is 1.25 bits per heavy atom. The standard InChI is InChI=1S/C13H25BrO6/c1-2-20-13(15)3-5-16-7-9-18-11-12-19-10-8-17-6-4-14/h2-12H2,1H3. The maximum atomic E-state index is 11.0. The van der Waals surface area contributed by atoms with Crippen LogP contribution in [-0.2, 0) is 28.5 Å². The highest BCUT2D eigenvalue weighted by Gasteiger charge is 2.00. The first-order valence-electron chi connectivity index (χ1n) is 6.83. The van der Waals surface area contributed by atoms with E-state index in [1.54, 1.807) is 6.92 Å². The lowest BCUT2D eigenvalue weighted by Crippen LogP contribution is -2.13. The summed E-state index contributed by atoms with van der Waals surface area (Å²) >= 11 is 3.27. The number of rotatable bonds is 15. The van der Waals surface area contributed by atoms with E-state index in [2.05, 4.69) is 15.9 Å². The summed E-state index contributed by atoms with van der Waals surface area (Å²) in [5.41, 5.74) is 0. The molecule has 7 heteroatoms. The minimum absolute atomic E-state index is 0.232. The van der Waals surface area contributed by atoms with Crippen molar-refractivity contribution in [3.8, 4) is 0 Å². The third kappa shape index (κ3) is 15.8. The van der Waals surface area contributed by atoms with E-state index in [0.29, 0.717) is 59.5 Å². The van der Waals surface area contributed by atoms with Crippen LogP contribution in [-0.4, -0.2) is 70.8 Å². The van der Waals surface area contributed by atoms with Crippen LogP contribution in [0.25, 0.3) is 0 Å². The van der Waals surface area contributed by atoms with Crippen molar-refractivity contribution in [3.63, 3.8) is 0 Å². The second-order valence-corrected chi connectivity index (χ2v) is 4.49. The minimum atomic E-state index is -0.232. The Bertz CT molecular complexity index is 215. The van der Waals surface area contributed by atoms with E-state index in [0.717, 1.165) is 5.33 Å². The van der Waals surface area contributed by atoms with Gasteiger partial charge in [0, 0.05) is 5.33 Å². The van der Waals surface area contributed by atoms with Crippen molar-refractivity contribution in [2.75, 3.05) is 64.8 Å². The monoisotopic (exact) mass is 356 g/mol. The van der Waals surface area contributed by atoms with Crippen molar-refractivity contribution in [2.24, 2.45) is 0 Å². The summed E-state index contributed by atoms with van der Waals surface area (Å²) in [6.07, 6.45) is 0.283. The molecular formula is C13H25BrO6. The van der Waals surface area contributed by atoms with Gasteiger partial charge in [-0.05, 0) is 6.92 Å². The molecule has 0 aromatic heterocycles. The molecule has 6 nitrogen and oxygen atoms in total. The van der Waals surface area contributed by atoms with Crippen LogP contribution in [0.5, 0.6) is 0 Å². The number of halogens is 1. The van der Waals surface area contributed by atoms with Crippen LogP contribution in [0.1, 0.15) is 13.3 Å². The highest BCUT2D eigenvalue weighted by Crippen LogP contribution is 1.89. The molecule has 0 saturated heterocycles. The molecule has 0 aliphatic carbocycles. The first-order valence-corrected chi connectivity index (χ1v) is 7.96. The smallest absolute Gasteiger partial charge is 0.308 e. The fourth-order valence-electron chi connectivity index (χ4n) is 1.21. The van der Waals surface area contributed by atoms with Crippen LogP contribution in [0, 0.1) is 0 Å². The van der Waals surface area contributed by atoms with Crippen molar-refractivity contribution in [1.29, 1.82) is 0 Å². The molecule has 0 rings (SSSR count). The summed E-state index contributed by atoms with van der Waals surface area (Å²) in [5, 5.41) is 0.840. The third-order valence-corrected chi connectivity index (χ3v) is 2.42. The van der Waals surface area contributed by atoms with Crippen molar-refractivity contribution < 1.29 is 28.5 Å². The van der Waals surface area contributed by atoms with Gasteiger partial charge in [-0.3, -0.25) is 4.79 Å². The second kappa shape index (κ2) is 16.8. The summed E-state index contributed by atoms with van der Waals surface area (Å²) in [5.74, 6) is -0.232. The summed E-state index contributed by atoms with van der Waals surface area (Å²) in [7, 11) is 0. The highest BCUT2D eigenvalue weighted by atomic mass is 79.9. The van der Waals surface area contributed by atoms with Gasteiger partial charge in [0.2, 0.25) is 0 Å². The normalized spacial score (nSPS) is 10.7. The summed E-state index contributed by atoms with van der Waals surface area (Å²) in [4.78, 5) is 11.0. The Labute approximate surface area is 129 Å². The molecule has 20 heavy (non-hydrogen) atoms. The first-order chi connectivity index (χ1) is 9.81.